The summed E-state index contributed by atoms with van der Waals surface area (Å²) >= 11 is 0. The zero-order chi connectivity index (χ0) is 18.2. The molecule has 1 atom stereocenters. The molecular formula is C19H30N2O3. The second kappa shape index (κ2) is 9.30. The Labute approximate surface area is 145 Å². The van der Waals surface area contributed by atoms with Gasteiger partial charge < -0.3 is 15.0 Å². The van der Waals surface area contributed by atoms with Gasteiger partial charge in [0.05, 0.1) is 0 Å². The van der Waals surface area contributed by atoms with Crippen molar-refractivity contribution in [2.75, 3.05) is 6.54 Å². The van der Waals surface area contributed by atoms with E-state index in [9.17, 15) is 9.59 Å². The number of rotatable bonds is 7. The largest absolute Gasteiger partial charge is 0.444 e. The topological polar surface area (TPSA) is 58.6 Å². The highest BCUT2D eigenvalue weighted by Gasteiger charge is 2.20. The van der Waals surface area contributed by atoms with Gasteiger partial charge in [0.25, 0.3) is 0 Å². The summed E-state index contributed by atoms with van der Waals surface area (Å²) in [5.41, 5.74) is 0.565. The maximum atomic E-state index is 12.5. The minimum Gasteiger partial charge on any atom is -0.444 e. The quantitative estimate of drug-likeness (QED) is 0.826. The van der Waals surface area contributed by atoms with E-state index in [0.717, 1.165) is 12.0 Å². The summed E-state index contributed by atoms with van der Waals surface area (Å²) < 4.78 is 5.17. The van der Waals surface area contributed by atoms with Crippen LogP contribution in [0.1, 0.15) is 53.0 Å². The summed E-state index contributed by atoms with van der Waals surface area (Å²) in [4.78, 5) is 26.0. The summed E-state index contributed by atoms with van der Waals surface area (Å²) in [6, 6.07) is 10.1. The number of carbonyl (C=O) groups excluding carboxylic acids is 2. The van der Waals surface area contributed by atoms with Gasteiger partial charge in [0.1, 0.15) is 5.60 Å². The lowest BCUT2D eigenvalue weighted by Crippen LogP contribution is -2.40. The molecule has 1 aromatic rings. The molecule has 0 aliphatic rings. The van der Waals surface area contributed by atoms with Crippen molar-refractivity contribution in [2.24, 2.45) is 0 Å². The SMILES string of the molecule is CCC(C)N(Cc1ccccc1)C(=O)CCNC(=O)OC(C)(C)C. The fraction of sp³-hybridized carbons (Fsp3) is 0.579. The first-order valence-electron chi connectivity index (χ1n) is 8.53. The van der Waals surface area contributed by atoms with E-state index in [0.29, 0.717) is 6.54 Å². The van der Waals surface area contributed by atoms with E-state index in [4.69, 9.17) is 4.74 Å². The van der Waals surface area contributed by atoms with Gasteiger partial charge in [0.2, 0.25) is 5.91 Å². The van der Waals surface area contributed by atoms with Crippen molar-refractivity contribution in [3.63, 3.8) is 0 Å². The monoisotopic (exact) mass is 334 g/mol. The third-order valence-electron chi connectivity index (χ3n) is 3.65. The zero-order valence-electron chi connectivity index (χ0n) is 15.5. The van der Waals surface area contributed by atoms with Crippen LogP contribution in [0.25, 0.3) is 0 Å². The average molecular weight is 334 g/mol. The van der Waals surface area contributed by atoms with Crippen molar-refractivity contribution in [3.8, 4) is 0 Å². The highest BCUT2D eigenvalue weighted by atomic mass is 16.6. The molecule has 0 aromatic heterocycles. The van der Waals surface area contributed by atoms with Gasteiger partial charge in [-0.2, -0.15) is 0 Å². The smallest absolute Gasteiger partial charge is 0.407 e. The Kier molecular flexibility index (Phi) is 7.75. The molecule has 0 fully saturated rings. The first-order chi connectivity index (χ1) is 11.2. The number of amides is 2. The number of hydrogen-bond acceptors (Lipinski definition) is 3. The molecule has 1 aromatic carbocycles. The normalized spacial score (nSPS) is 12.4. The fourth-order valence-electron chi connectivity index (χ4n) is 2.22. The van der Waals surface area contributed by atoms with Gasteiger partial charge in [0, 0.05) is 25.6 Å². The van der Waals surface area contributed by atoms with E-state index >= 15 is 0 Å². The van der Waals surface area contributed by atoms with Crippen LogP contribution in [0.15, 0.2) is 30.3 Å². The Morgan fingerprint density at radius 2 is 1.83 bits per heavy atom. The van der Waals surface area contributed by atoms with Crippen molar-refractivity contribution < 1.29 is 14.3 Å². The Bertz CT molecular complexity index is 523. The second-order valence-corrected chi connectivity index (χ2v) is 6.94. The van der Waals surface area contributed by atoms with Crippen LogP contribution >= 0.6 is 0 Å². The van der Waals surface area contributed by atoms with Crippen LogP contribution in [0.3, 0.4) is 0 Å². The number of hydrogen-bond donors (Lipinski definition) is 1. The van der Waals surface area contributed by atoms with Crippen LogP contribution in [0.2, 0.25) is 0 Å². The minimum atomic E-state index is -0.538. The van der Waals surface area contributed by atoms with Crippen molar-refractivity contribution in [2.45, 2.75) is 65.6 Å². The van der Waals surface area contributed by atoms with Crippen molar-refractivity contribution in [1.82, 2.24) is 10.2 Å². The average Bonchev–Trinajstić information content (AvgIpc) is 2.51. The van der Waals surface area contributed by atoms with E-state index in [1.165, 1.54) is 0 Å². The van der Waals surface area contributed by atoms with E-state index in [1.807, 2.05) is 62.9 Å². The third-order valence-corrected chi connectivity index (χ3v) is 3.65. The number of nitrogens with zero attached hydrogens (tertiary/aromatic N) is 1. The molecule has 0 bridgehead atoms. The molecule has 0 radical (unpaired) electrons. The molecule has 1 N–H and O–H groups in total. The summed E-state index contributed by atoms with van der Waals surface area (Å²) in [5, 5.41) is 2.64. The summed E-state index contributed by atoms with van der Waals surface area (Å²) in [5.74, 6) is 0.0317. The molecule has 1 unspecified atom stereocenters. The molecule has 0 aliphatic heterocycles. The van der Waals surface area contributed by atoms with Crippen LogP contribution < -0.4 is 5.32 Å². The Morgan fingerprint density at radius 1 is 1.21 bits per heavy atom. The highest BCUT2D eigenvalue weighted by molar-refractivity contribution is 5.77. The van der Waals surface area contributed by atoms with Gasteiger partial charge in [-0.1, -0.05) is 37.3 Å². The molecule has 5 heteroatoms. The Balaban J connectivity index is 2.55. The lowest BCUT2D eigenvalue weighted by Gasteiger charge is -2.29. The lowest BCUT2D eigenvalue weighted by molar-refractivity contribution is -0.133. The summed E-state index contributed by atoms with van der Waals surface area (Å²) in [6.45, 7) is 10.4. The summed E-state index contributed by atoms with van der Waals surface area (Å²) in [7, 11) is 0. The van der Waals surface area contributed by atoms with Gasteiger partial charge in [0.15, 0.2) is 0 Å². The van der Waals surface area contributed by atoms with Gasteiger partial charge >= 0.3 is 6.09 Å². The molecule has 0 aliphatic carbocycles. The first kappa shape index (κ1) is 20.0. The van der Waals surface area contributed by atoms with E-state index < -0.39 is 11.7 Å². The van der Waals surface area contributed by atoms with Crippen LogP contribution in [-0.2, 0) is 16.1 Å². The lowest BCUT2D eigenvalue weighted by atomic mass is 10.1. The van der Waals surface area contributed by atoms with Crippen LogP contribution in [-0.4, -0.2) is 35.1 Å². The van der Waals surface area contributed by atoms with E-state index in [1.54, 1.807) is 0 Å². The standard InChI is InChI=1S/C19H30N2O3/c1-6-15(2)21(14-16-10-8-7-9-11-16)17(22)12-13-20-18(23)24-19(3,4)5/h7-11,15H,6,12-14H2,1-5H3,(H,20,23). The van der Waals surface area contributed by atoms with Crippen LogP contribution in [0.5, 0.6) is 0 Å². The zero-order valence-corrected chi connectivity index (χ0v) is 15.5. The molecular weight excluding hydrogens is 304 g/mol. The molecule has 5 nitrogen and oxygen atoms in total. The van der Waals surface area contributed by atoms with Crippen LogP contribution in [0, 0.1) is 0 Å². The maximum Gasteiger partial charge on any atom is 0.407 e. The predicted molar refractivity (Wildman–Crippen MR) is 95.6 cm³/mol. The molecule has 0 spiro atoms. The number of ether oxygens (including phenoxy) is 1. The summed E-state index contributed by atoms with van der Waals surface area (Å²) in [6.07, 6.45) is 0.655. The molecule has 0 saturated carbocycles. The molecule has 1 rings (SSSR count). The fourth-order valence-corrected chi connectivity index (χ4v) is 2.22. The van der Waals surface area contributed by atoms with Gasteiger partial charge in [-0.15, -0.1) is 0 Å². The number of nitrogens with one attached hydrogen (secondary N) is 1. The third kappa shape index (κ3) is 7.49. The molecule has 134 valence electrons. The Morgan fingerprint density at radius 3 is 2.38 bits per heavy atom. The van der Waals surface area contributed by atoms with Gasteiger partial charge in [-0.25, -0.2) is 4.79 Å². The van der Waals surface area contributed by atoms with Crippen molar-refractivity contribution in [1.29, 1.82) is 0 Å². The van der Waals surface area contributed by atoms with E-state index in [2.05, 4.69) is 12.2 Å². The number of benzene rings is 1. The molecule has 24 heavy (non-hydrogen) atoms. The number of carbonyl (C=O) groups is 2. The molecule has 0 heterocycles. The molecule has 2 amide bonds. The second-order valence-electron chi connectivity index (χ2n) is 6.94. The van der Waals surface area contributed by atoms with Gasteiger partial charge in [-0.05, 0) is 39.7 Å². The first-order valence-corrected chi connectivity index (χ1v) is 8.53. The maximum absolute atomic E-state index is 12.5. The Hall–Kier alpha value is -2.04. The number of alkyl carbamates (subject to hydrolysis) is 1. The van der Waals surface area contributed by atoms with Crippen molar-refractivity contribution >= 4 is 12.0 Å². The van der Waals surface area contributed by atoms with Crippen molar-refractivity contribution in [3.05, 3.63) is 35.9 Å². The van der Waals surface area contributed by atoms with Crippen LogP contribution in [0.4, 0.5) is 4.79 Å². The van der Waals surface area contributed by atoms with E-state index in [-0.39, 0.29) is 24.9 Å². The van der Waals surface area contributed by atoms with Gasteiger partial charge in [-0.3, -0.25) is 4.79 Å². The predicted octanol–water partition coefficient (Wildman–Crippen LogP) is 3.73. The molecule has 0 saturated heterocycles. The minimum absolute atomic E-state index is 0.0317. The highest BCUT2D eigenvalue weighted by Crippen LogP contribution is 2.12.